The Morgan fingerprint density at radius 1 is 1.12 bits per heavy atom. The van der Waals surface area contributed by atoms with Gasteiger partial charge in [0.2, 0.25) is 0 Å². The van der Waals surface area contributed by atoms with Crippen molar-refractivity contribution in [2.24, 2.45) is 0 Å². The zero-order valence-electron chi connectivity index (χ0n) is 13.5. The monoisotopic (exact) mass is 334 g/mol. The molecule has 0 spiro atoms. The van der Waals surface area contributed by atoms with Gasteiger partial charge in [0.1, 0.15) is 17.7 Å². The van der Waals surface area contributed by atoms with Crippen molar-refractivity contribution < 1.29 is 18.7 Å². The molecule has 0 heterocycles. The number of hydrogen-bond donors (Lipinski definition) is 3. The van der Waals surface area contributed by atoms with E-state index >= 15 is 0 Å². The molecule has 0 aromatic heterocycles. The second kappa shape index (κ2) is 7.88. The molecule has 4 nitrogen and oxygen atoms in total. The summed E-state index contributed by atoms with van der Waals surface area (Å²) in [6.45, 7) is 3.47. The summed E-state index contributed by atoms with van der Waals surface area (Å²) in [6.07, 6.45) is -1.47. The fourth-order valence-electron chi connectivity index (χ4n) is 2.52. The highest BCUT2D eigenvalue weighted by atomic mass is 19.1. The number of rotatable bonds is 5. The Labute approximate surface area is 139 Å². The van der Waals surface area contributed by atoms with E-state index in [1.807, 2.05) is 38.1 Å². The number of hydrogen-bond acceptors (Lipinski definition) is 2. The number of carbonyl (C=O) groups excluding carboxylic acids is 1. The van der Waals surface area contributed by atoms with Gasteiger partial charge >= 0.3 is 6.03 Å². The van der Waals surface area contributed by atoms with Crippen molar-refractivity contribution in [3.63, 3.8) is 0 Å². The summed E-state index contributed by atoms with van der Waals surface area (Å²) in [5.41, 5.74) is 1.55. The average molecular weight is 334 g/mol. The van der Waals surface area contributed by atoms with Crippen LogP contribution >= 0.6 is 0 Å². The fourth-order valence-corrected chi connectivity index (χ4v) is 2.52. The normalized spacial score (nSPS) is 13.2. The van der Waals surface area contributed by atoms with E-state index in [2.05, 4.69) is 10.6 Å². The van der Waals surface area contributed by atoms with Gasteiger partial charge in [0.25, 0.3) is 0 Å². The van der Waals surface area contributed by atoms with Crippen molar-refractivity contribution in [2.75, 3.05) is 6.54 Å². The molecule has 2 unspecified atom stereocenters. The molecule has 2 atom stereocenters. The Morgan fingerprint density at radius 2 is 1.75 bits per heavy atom. The first kappa shape index (κ1) is 17.9. The minimum atomic E-state index is -1.47. The number of aliphatic hydroxyl groups excluding tert-OH is 1. The van der Waals surface area contributed by atoms with Gasteiger partial charge in [-0.1, -0.05) is 30.3 Å². The minimum absolute atomic E-state index is 0.242. The van der Waals surface area contributed by atoms with Crippen molar-refractivity contribution in [2.45, 2.75) is 26.0 Å². The second-order valence-electron chi connectivity index (χ2n) is 5.58. The minimum Gasteiger partial charge on any atom is -0.386 e. The average Bonchev–Trinajstić information content (AvgIpc) is 2.53. The Hall–Kier alpha value is -2.47. The largest absolute Gasteiger partial charge is 0.386 e. The predicted molar refractivity (Wildman–Crippen MR) is 87.4 cm³/mol. The SMILES string of the molecule is Cc1ccccc1C(C)NC(=O)NCC(O)c1c(F)cccc1F. The number of urea groups is 1. The number of amides is 2. The standard InChI is InChI=1S/C18H20F2N2O2/c1-11-6-3-4-7-13(11)12(2)22-18(24)21-10-16(23)17-14(19)8-5-9-15(17)20/h3-9,12,16,23H,10H2,1-2H3,(H2,21,22,24). The number of aliphatic hydroxyl groups is 1. The lowest BCUT2D eigenvalue weighted by Crippen LogP contribution is -2.39. The zero-order chi connectivity index (χ0) is 17.7. The summed E-state index contributed by atoms with van der Waals surface area (Å²) in [4.78, 5) is 11.9. The summed E-state index contributed by atoms with van der Waals surface area (Å²) >= 11 is 0. The van der Waals surface area contributed by atoms with Crippen molar-refractivity contribution in [3.8, 4) is 0 Å². The van der Waals surface area contributed by atoms with E-state index in [0.717, 1.165) is 23.3 Å². The maximum absolute atomic E-state index is 13.6. The van der Waals surface area contributed by atoms with E-state index < -0.39 is 29.3 Å². The molecule has 24 heavy (non-hydrogen) atoms. The highest BCUT2D eigenvalue weighted by Gasteiger charge is 2.19. The van der Waals surface area contributed by atoms with E-state index in [-0.39, 0.29) is 12.6 Å². The lowest BCUT2D eigenvalue weighted by Gasteiger charge is -2.18. The van der Waals surface area contributed by atoms with Crippen molar-refractivity contribution in [3.05, 3.63) is 70.8 Å². The Bertz CT molecular complexity index is 702. The summed E-state index contributed by atoms with van der Waals surface area (Å²) in [6, 6.07) is 10.2. The predicted octanol–water partition coefficient (Wildman–Crippen LogP) is 3.37. The molecule has 0 fully saturated rings. The molecule has 0 saturated carbocycles. The number of nitrogens with one attached hydrogen (secondary N) is 2. The highest BCUT2D eigenvalue weighted by molar-refractivity contribution is 5.74. The Kier molecular flexibility index (Phi) is 5.87. The van der Waals surface area contributed by atoms with Gasteiger partial charge in [0.05, 0.1) is 11.6 Å². The molecule has 0 radical (unpaired) electrons. The molecule has 0 aliphatic rings. The summed E-state index contributed by atoms with van der Waals surface area (Å²) in [5.74, 6) is -1.70. The van der Waals surface area contributed by atoms with E-state index in [1.165, 1.54) is 6.07 Å². The summed E-state index contributed by atoms with van der Waals surface area (Å²) in [7, 11) is 0. The van der Waals surface area contributed by atoms with E-state index in [4.69, 9.17) is 0 Å². The number of carbonyl (C=O) groups is 1. The molecular weight excluding hydrogens is 314 g/mol. The van der Waals surface area contributed by atoms with Crippen molar-refractivity contribution in [1.82, 2.24) is 10.6 Å². The van der Waals surface area contributed by atoms with Crippen LogP contribution in [0.5, 0.6) is 0 Å². The molecule has 2 aromatic carbocycles. The van der Waals surface area contributed by atoms with Gasteiger partial charge in [-0.2, -0.15) is 0 Å². The topological polar surface area (TPSA) is 61.4 Å². The van der Waals surface area contributed by atoms with Gasteiger partial charge in [0.15, 0.2) is 0 Å². The Balaban J connectivity index is 1.92. The number of halogens is 2. The van der Waals surface area contributed by atoms with Crippen LogP contribution < -0.4 is 10.6 Å². The molecule has 2 rings (SSSR count). The Morgan fingerprint density at radius 3 is 2.38 bits per heavy atom. The summed E-state index contributed by atoms with van der Waals surface area (Å²) < 4.78 is 27.1. The lowest BCUT2D eigenvalue weighted by molar-refractivity contribution is 0.164. The van der Waals surface area contributed by atoms with Gasteiger partial charge in [0, 0.05) is 6.54 Å². The first-order chi connectivity index (χ1) is 11.4. The number of benzene rings is 2. The fraction of sp³-hybridized carbons (Fsp3) is 0.278. The molecule has 0 aliphatic heterocycles. The summed E-state index contributed by atoms with van der Waals surface area (Å²) in [5, 5.41) is 15.1. The molecule has 3 N–H and O–H groups in total. The maximum atomic E-state index is 13.6. The van der Waals surface area contributed by atoms with Gasteiger partial charge in [-0.25, -0.2) is 13.6 Å². The first-order valence-electron chi connectivity index (χ1n) is 7.62. The van der Waals surface area contributed by atoms with Crippen molar-refractivity contribution in [1.29, 1.82) is 0 Å². The quantitative estimate of drug-likeness (QED) is 0.785. The third-order valence-corrected chi connectivity index (χ3v) is 3.79. The molecular formula is C18H20F2N2O2. The van der Waals surface area contributed by atoms with Crippen LogP contribution in [0.1, 0.15) is 35.8 Å². The van der Waals surface area contributed by atoms with Crippen LogP contribution in [0.25, 0.3) is 0 Å². The molecule has 0 aliphatic carbocycles. The highest BCUT2D eigenvalue weighted by Crippen LogP contribution is 2.20. The van der Waals surface area contributed by atoms with E-state index in [0.29, 0.717) is 0 Å². The van der Waals surface area contributed by atoms with E-state index in [1.54, 1.807) is 0 Å². The third-order valence-electron chi connectivity index (χ3n) is 3.79. The molecule has 2 aromatic rings. The molecule has 0 bridgehead atoms. The van der Waals surface area contributed by atoms with Gasteiger partial charge < -0.3 is 15.7 Å². The molecule has 2 amide bonds. The van der Waals surface area contributed by atoms with E-state index in [9.17, 15) is 18.7 Å². The maximum Gasteiger partial charge on any atom is 0.315 e. The molecule has 0 saturated heterocycles. The van der Waals surface area contributed by atoms with Crippen LogP contribution in [0.4, 0.5) is 13.6 Å². The van der Waals surface area contributed by atoms with Crippen LogP contribution in [0, 0.1) is 18.6 Å². The van der Waals surface area contributed by atoms with Crippen LogP contribution in [0.3, 0.4) is 0 Å². The smallest absolute Gasteiger partial charge is 0.315 e. The van der Waals surface area contributed by atoms with Crippen LogP contribution in [-0.2, 0) is 0 Å². The number of aryl methyl sites for hydroxylation is 1. The van der Waals surface area contributed by atoms with Crippen LogP contribution in [0.2, 0.25) is 0 Å². The third kappa shape index (κ3) is 4.29. The van der Waals surface area contributed by atoms with Crippen LogP contribution in [0.15, 0.2) is 42.5 Å². The second-order valence-corrected chi connectivity index (χ2v) is 5.58. The first-order valence-corrected chi connectivity index (χ1v) is 7.62. The lowest BCUT2D eigenvalue weighted by atomic mass is 10.0. The molecule has 128 valence electrons. The molecule has 6 heteroatoms. The van der Waals surface area contributed by atoms with Gasteiger partial charge in [-0.05, 0) is 37.1 Å². The van der Waals surface area contributed by atoms with Gasteiger partial charge in [-0.15, -0.1) is 0 Å². The van der Waals surface area contributed by atoms with Crippen LogP contribution in [-0.4, -0.2) is 17.7 Å². The van der Waals surface area contributed by atoms with Gasteiger partial charge in [-0.3, -0.25) is 0 Å². The zero-order valence-corrected chi connectivity index (χ0v) is 13.5. The van der Waals surface area contributed by atoms with Crippen molar-refractivity contribution >= 4 is 6.03 Å².